The number of carboxylic acid groups (broad SMARTS) is 1. The number of carboxylic acids is 1. The van der Waals surface area contributed by atoms with Crippen molar-refractivity contribution < 1.29 is 57.8 Å². The molecule has 0 saturated carbocycles. The normalized spacial score (nSPS) is 12.6. The Balaban J connectivity index is 1.04. The third kappa shape index (κ3) is 21.1. The van der Waals surface area contributed by atoms with E-state index < -0.39 is 18.1 Å². The topological polar surface area (TPSA) is 180 Å². The van der Waals surface area contributed by atoms with Gasteiger partial charge in [0.2, 0.25) is 5.91 Å². The minimum Gasteiger partial charge on any atom is -0.480 e. The Hall–Kier alpha value is -3.63. The smallest absolute Gasteiger partial charge is 0.407 e. The number of benzene rings is 2. The second-order valence-corrected chi connectivity index (χ2v) is 13.8. The average molecular weight is 803 g/mol. The van der Waals surface area contributed by atoms with Crippen LogP contribution in [0.25, 0.3) is 11.1 Å². The number of alkyl carbamates (subject to hydrolysis) is 1. The largest absolute Gasteiger partial charge is 0.480 e. The van der Waals surface area contributed by atoms with Gasteiger partial charge in [-0.3, -0.25) is 4.79 Å². The lowest BCUT2D eigenvalue weighted by Gasteiger charge is -2.17. The molecule has 0 heterocycles. The van der Waals surface area contributed by atoms with Gasteiger partial charge in [-0.15, -0.1) is 0 Å². The Kier molecular flexibility index (Phi) is 26.3. The number of aliphatic carboxylic acids is 1. The second kappa shape index (κ2) is 31.4. The molecular formula is C43H66N2O12. The molecule has 1 atom stereocenters. The van der Waals surface area contributed by atoms with Gasteiger partial charge in [0.15, 0.2) is 0 Å². The predicted molar refractivity (Wildman–Crippen MR) is 215 cm³/mol. The lowest BCUT2D eigenvalue weighted by Crippen LogP contribution is -2.41. The molecule has 0 saturated heterocycles. The molecule has 2 aromatic carbocycles. The van der Waals surface area contributed by atoms with Crippen molar-refractivity contribution in [2.75, 3.05) is 99.0 Å². The molecule has 0 aliphatic heterocycles. The zero-order valence-corrected chi connectivity index (χ0v) is 33.6. The molecule has 14 nitrogen and oxygen atoms in total. The summed E-state index contributed by atoms with van der Waals surface area (Å²) in [6, 6.07) is 15.0. The van der Waals surface area contributed by atoms with Crippen LogP contribution in [0.1, 0.15) is 87.7 Å². The first-order chi connectivity index (χ1) is 28.0. The lowest BCUT2D eigenvalue weighted by molar-refractivity contribution is -0.139. The maximum atomic E-state index is 12.6. The molecule has 3 rings (SSSR count). The molecule has 0 spiro atoms. The number of fused-ring (bicyclic) bond motifs is 3. The van der Waals surface area contributed by atoms with Gasteiger partial charge in [0.1, 0.15) is 12.6 Å². The summed E-state index contributed by atoms with van der Waals surface area (Å²) in [5.74, 6) is -1.21. The van der Waals surface area contributed by atoms with E-state index in [4.69, 9.17) is 38.3 Å². The fourth-order valence-corrected chi connectivity index (χ4v) is 6.47. The van der Waals surface area contributed by atoms with Crippen LogP contribution in [0.5, 0.6) is 0 Å². The zero-order chi connectivity index (χ0) is 40.6. The van der Waals surface area contributed by atoms with Crippen LogP contribution in [-0.4, -0.2) is 133 Å². The Morgan fingerprint density at radius 2 is 1.05 bits per heavy atom. The van der Waals surface area contributed by atoms with E-state index in [1.54, 1.807) is 0 Å². The Labute approximate surface area is 338 Å². The molecule has 0 aromatic heterocycles. The van der Waals surface area contributed by atoms with Crippen LogP contribution < -0.4 is 10.6 Å². The molecule has 2 amide bonds. The highest BCUT2D eigenvalue weighted by atomic mass is 16.6. The van der Waals surface area contributed by atoms with E-state index in [-0.39, 0.29) is 31.5 Å². The van der Waals surface area contributed by atoms with Crippen LogP contribution in [-0.2, 0) is 42.7 Å². The third-order valence-electron chi connectivity index (χ3n) is 9.46. The van der Waals surface area contributed by atoms with Crippen molar-refractivity contribution in [3.8, 4) is 11.1 Å². The van der Waals surface area contributed by atoms with Crippen LogP contribution in [0.15, 0.2) is 48.5 Å². The average Bonchev–Trinajstić information content (AvgIpc) is 3.54. The Morgan fingerprint density at radius 3 is 1.58 bits per heavy atom. The summed E-state index contributed by atoms with van der Waals surface area (Å²) in [4.78, 5) is 36.6. The fourth-order valence-electron chi connectivity index (χ4n) is 6.47. The number of rotatable bonds is 36. The molecule has 0 radical (unpaired) electrons. The number of nitrogens with one attached hydrogen (secondary N) is 2. The van der Waals surface area contributed by atoms with Crippen molar-refractivity contribution in [1.82, 2.24) is 10.6 Å². The highest BCUT2D eigenvalue weighted by Gasteiger charge is 2.29. The molecule has 57 heavy (non-hydrogen) atoms. The third-order valence-corrected chi connectivity index (χ3v) is 9.46. The molecule has 4 N–H and O–H groups in total. The summed E-state index contributed by atoms with van der Waals surface area (Å²) in [7, 11) is 0. The van der Waals surface area contributed by atoms with Gasteiger partial charge in [0.05, 0.1) is 79.3 Å². The number of amides is 2. The number of aliphatic hydroxyl groups is 1. The van der Waals surface area contributed by atoms with Crippen molar-refractivity contribution in [2.45, 2.75) is 82.6 Å². The molecule has 0 bridgehead atoms. The predicted octanol–water partition coefficient (Wildman–Crippen LogP) is 5.48. The first-order valence-corrected chi connectivity index (χ1v) is 20.7. The van der Waals surface area contributed by atoms with E-state index in [2.05, 4.69) is 22.8 Å². The number of carbonyl (C=O) groups is 3. The van der Waals surface area contributed by atoms with E-state index in [0.717, 1.165) is 73.8 Å². The van der Waals surface area contributed by atoms with Crippen LogP contribution in [0.4, 0.5) is 4.79 Å². The number of carbonyl (C=O) groups excluding carboxylic acids is 2. The fraction of sp³-hybridized carbons (Fsp3) is 0.651. The van der Waals surface area contributed by atoms with Crippen LogP contribution in [0.3, 0.4) is 0 Å². The summed E-state index contributed by atoms with van der Waals surface area (Å²) in [6.45, 7) is 6.76. The molecular weight excluding hydrogens is 736 g/mol. The summed E-state index contributed by atoms with van der Waals surface area (Å²) >= 11 is 0. The van der Waals surface area contributed by atoms with Crippen LogP contribution >= 0.6 is 0 Å². The van der Waals surface area contributed by atoms with Crippen LogP contribution in [0, 0.1) is 0 Å². The first kappa shape index (κ1) is 47.7. The summed E-state index contributed by atoms with van der Waals surface area (Å²) in [5, 5.41) is 23.7. The van der Waals surface area contributed by atoms with E-state index in [0.29, 0.717) is 98.5 Å². The molecule has 1 aliphatic carbocycles. The van der Waals surface area contributed by atoms with Crippen molar-refractivity contribution in [3.05, 3.63) is 59.7 Å². The monoisotopic (exact) mass is 802 g/mol. The quantitative estimate of drug-likeness (QED) is 0.0639. The Bertz CT molecular complexity index is 1330. The van der Waals surface area contributed by atoms with Gasteiger partial charge in [0, 0.05) is 25.5 Å². The number of hydrogen-bond donors (Lipinski definition) is 4. The van der Waals surface area contributed by atoms with Crippen molar-refractivity contribution >= 4 is 18.0 Å². The molecule has 0 fully saturated rings. The lowest BCUT2D eigenvalue weighted by atomic mass is 9.98. The van der Waals surface area contributed by atoms with Gasteiger partial charge in [0.25, 0.3) is 0 Å². The SMILES string of the molecule is O=C(CCCCCCCCCOCCOCCOCCOCCOCCOCCO)NCCCCC(NC(=O)OCC1c2ccccc2-c2ccccc21)C(=O)O. The number of hydrogen-bond acceptors (Lipinski definition) is 11. The highest BCUT2D eigenvalue weighted by molar-refractivity contribution is 5.81. The van der Waals surface area contributed by atoms with Gasteiger partial charge in [-0.25, -0.2) is 9.59 Å². The second-order valence-electron chi connectivity index (χ2n) is 13.8. The molecule has 320 valence electrons. The van der Waals surface area contributed by atoms with Gasteiger partial charge >= 0.3 is 12.1 Å². The standard InChI is InChI=1S/C43H66N2O12/c46-21-23-52-25-27-54-29-31-56-33-32-55-30-28-53-26-24-51-22-13-5-3-1-2-4-6-19-41(47)44-20-12-11-18-40(42(48)49)45-43(50)57-34-39-37-16-9-7-14-35(37)36-15-8-10-17-38(36)39/h7-10,14-17,39-40,46H,1-6,11-13,18-34H2,(H,44,47)(H,45,50)(H,48,49). The summed E-state index contributed by atoms with van der Waals surface area (Å²) < 4.78 is 38.0. The molecule has 14 heteroatoms. The molecule has 1 unspecified atom stereocenters. The maximum Gasteiger partial charge on any atom is 0.407 e. The number of unbranched alkanes of at least 4 members (excludes halogenated alkanes) is 7. The molecule has 2 aromatic rings. The minimum atomic E-state index is -1.11. The van der Waals surface area contributed by atoms with E-state index in [9.17, 15) is 19.5 Å². The van der Waals surface area contributed by atoms with Crippen molar-refractivity contribution in [2.24, 2.45) is 0 Å². The summed E-state index contributed by atoms with van der Waals surface area (Å²) in [6.07, 6.45) is 8.51. The highest BCUT2D eigenvalue weighted by Crippen LogP contribution is 2.44. The van der Waals surface area contributed by atoms with Crippen molar-refractivity contribution in [1.29, 1.82) is 0 Å². The van der Waals surface area contributed by atoms with Gasteiger partial charge < -0.3 is 54.0 Å². The van der Waals surface area contributed by atoms with E-state index in [1.165, 1.54) is 0 Å². The number of ether oxygens (including phenoxy) is 7. The van der Waals surface area contributed by atoms with E-state index >= 15 is 0 Å². The van der Waals surface area contributed by atoms with Gasteiger partial charge in [-0.1, -0.05) is 80.6 Å². The number of aliphatic hydroxyl groups excluding tert-OH is 1. The summed E-state index contributed by atoms with van der Waals surface area (Å²) in [5.41, 5.74) is 4.43. The Morgan fingerprint density at radius 1 is 0.579 bits per heavy atom. The minimum absolute atomic E-state index is 0.0109. The molecule has 1 aliphatic rings. The van der Waals surface area contributed by atoms with Gasteiger partial charge in [-0.2, -0.15) is 0 Å². The van der Waals surface area contributed by atoms with Gasteiger partial charge in [-0.05, 0) is 54.4 Å². The van der Waals surface area contributed by atoms with Crippen molar-refractivity contribution in [3.63, 3.8) is 0 Å². The maximum absolute atomic E-state index is 12.6. The first-order valence-electron chi connectivity index (χ1n) is 20.7. The van der Waals surface area contributed by atoms with Crippen LogP contribution in [0.2, 0.25) is 0 Å². The van der Waals surface area contributed by atoms with E-state index in [1.807, 2.05) is 36.4 Å². The zero-order valence-electron chi connectivity index (χ0n) is 33.6.